The zero-order valence-electron chi connectivity index (χ0n) is 18.8. The Hall–Kier alpha value is -3.46. The highest BCUT2D eigenvalue weighted by Crippen LogP contribution is 2.36. The van der Waals surface area contributed by atoms with Crippen molar-refractivity contribution in [1.29, 1.82) is 0 Å². The molecular formula is C23H26N8S. The van der Waals surface area contributed by atoms with E-state index >= 15 is 0 Å². The third-order valence-electron chi connectivity index (χ3n) is 4.94. The van der Waals surface area contributed by atoms with Crippen molar-refractivity contribution in [1.82, 2.24) is 29.7 Å². The third-order valence-corrected chi connectivity index (χ3v) is 5.98. The van der Waals surface area contributed by atoms with Crippen molar-refractivity contribution in [3.63, 3.8) is 0 Å². The SMILES string of the molecule is Cc1ccc(-c2nnc(S[C@H](C)c3nc(N)nc(N(C)C)n3)n2-c2ccc(C)cc2)cc1. The van der Waals surface area contributed by atoms with Crippen LogP contribution in [0.2, 0.25) is 0 Å². The Morgan fingerprint density at radius 2 is 1.50 bits per heavy atom. The van der Waals surface area contributed by atoms with Crippen LogP contribution in [0, 0.1) is 13.8 Å². The summed E-state index contributed by atoms with van der Waals surface area (Å²) >= 11 is 1.53. The molecule has 1 atom stereocenters. The van der Waals surface area contributed by atoms with Gasteiger partial charge in [0.1, 0.15) is 5.82 Å². The van der Waals surface area contributed by atoms with Crippen LogP contribution in [0.3, 0.4) is 0 Å². The summed E-state index contributed by atoms with van der Waals surface area (Å²) < 4.78 is 2.07. The van der Waals surface area contributed by atoms with Gasteiger partial charge in [-0.2, -0.15) is 15.0 Å². The van der Waals surface area contributed by atoms with Crippen molar-refractivity contribution in [2.75, 3.05) is 24.7 Å². The van der Waals surface area contributed by atoms with Crippen LogP contribution in [-0.4, -0.2) is 43.8 Å². The third kappa shape index (κ3) is 4.57. The molecule has 4 rings (SSSR count). The van der Waals surface area contributed by atoms with Crippen LogP contribution in [-0.2, 0) is 0 Å². The van der Waals surface area contributed by atoms with Crippen molar-refractivity contribution >= 4 is 23.7 Å². The number of aromatic nitrogens is 6. The van der Waals surface area contributed by atoms with E-state index in [9.17, 15) is 0 Å². The molecule has 2 N–H and O–H groups in total. The minimum atomic E-state index is -0.113. The first-order valence-corrected chi connectivity index (χ1v) is 11.1. The standard InChI is InChI=1S/C23H26N8S/c1-14-6-10-17(11-7-14)20-28-29-23(31(20)18-12-8-15(2)9-13-18)32-16(3)19-25-21(24)27-22(26-19)30(4)5/h6-13,16H,1-5H3,(H2,24,25,26,27)/t16-/m1/s1. The number of thioether (sulfide) groups is 1. The van der Waals surface area contributed by atoms with E-state index in [4.69, 9.17) is 5.73 Å². The molecular weight excluding hydrogens is 420 g/mol. The molecule has 0 aliphatic rings. The van der Waals surface area contributed by atoms with Gasteiger partial charge in [-0.15, -0.1) is 10.2 Å². The number of benzene rings is 2. The van der Waals surface area contributed by atoms with Gasteiger partial charge in [0.15, 0.2) is 11.0 Å². The Morgan fingerprint density at radius 1 is 0.875 bits per heavy atom. The number of rotatable bonds is 6. The second-order valence-corrected chi connectivity index (χ2v) is 9.16. The molecule has 0 spiro atoms. The number of nitrogens with zero attached hydrogens (tertiary/aromatic N) is 7. The highest BCUT2D eigenvalue weighted by Gasteiger charge is 2.21. The maximum atomic E-state index is 5.92. The van der Waals surface area contributed by atoms with Crippen molar-refractivity contribution < 1.29 is 0 Å². The Labute approximate surface area is 192 Å². The summed E-state index contributed by atoms with van der Waals surface area (Å²) in [5, 5.41) is 9.69. The lowest BCUT2D eigenvalue weighted by molar-refractivity contribution is 0.843. The van der Waals surface area contributed by atoms with E-state index in [2.05, 4.69) is 92.1 Å². The lowest BCUT2D eigenvalue weighted by atomic mass is 10.1. The average Bonchev–Trinajstić information content (AvgIpc) is 3.17. The zero-order valence-corrected chi connectivity index (χ0v) is 19.6. The first-order chi connectivity index (χ1) is 15.3. The van der Waals surface area contributed by atoms with E-state index in [0.29, 0.717) is 11.8 Å². The van der Waals surface area contributed by atoms with E-state index in [-0.39, 0.29) is 11.2 Å². The fraction of sp³-hybridized carbons (Fsp3) is 0.261. The van der Waals surface area contributed by atoms with Crippen LogP contribution >= 0.6 is 11.8 Å². The van der Waals surface area contributed by atoms with Gasteiger partial charge in [-0.3, -0.25) is 4.57 Å². The fourth-order valence-electron chi connectivity index (χ4n) is 3.15. The Bertz CT molecular complexity index is 1220. The van der Waals surface area contributed by atoms with Crippen LogP contribution in [0.25, 0.3) is 17.1 Å². The van der Waals surface area contributed by atoms with Gasteiger partial charge >= 0.3 is 0 Å². The summed E-state index contributed by atoms with van der Waals surface area (Å²) in [4.78, 5) is 14.9. The number of aryl methyl sites for hydroxylation is 2. The largest absolute Gasteiger partial charge is 0.368 e. The number of hydrogen-bond acceptors (Lipinski definition) is 8. The maximum Gasteiger partial charge on any atom is 0.229 e. The summed E-state index contributed by atoms with van der Waals surface area (Å²) in [7, 11) is 3.75. The van der Waals surface area contributed by atoms with Gasteiger partial charge in [-0.1, -0.05) is 59.3 Å². The summed E-state index contributed by atoms with van der Waals surface area (Å²) in [6.45, 7) is 6.17. The number of anilines is 2. The highest BCUT2D eigenvalue weighted by atomic mass is 32.2. The summed E-state index contributed by atoms with van der Waals surface area (Å²) in [5.41, 5.74) is 10.3. The highest BCUT2D eigenvalue weighted by molar-refractivity contribution is 7.99. The smallest absolute Gasteiger partial charge is 0.229 e. The van der Waals surface area contributed by atoms with Crippen molar-refractivity contribution in [3.8, 4) is 17.1 Å². The monoisotopic (exact) mass is 446 g/mol. The van der Waals surface area contributed by atoms with Gasteiger partial charge in [0.25, 0.3) is 0 Å². The van der Waals surface area contributed by atoms with Crippen LogP contribution in [0.1, 0.15) is 29.1 Å². The van der Waals surface area contributed by atoms with E-state index in [1.165, 1.54) is 22.9 Å². The Morgan fingerprint density at radius 3 is 2.12 bits per heavy atom. The van der Waals surface area contributed by atoms with Crippen molar-refractivity contribution in [2.45, 2.75) is 31.2 Å². The van der Waals surface area contributed by atoms with Gasteiger partial charge in [0.05, 0.1) is 5.25 Å². The molecule has 0 radical (unpaired) electrons. The normalized spacial score (nSPS) is 12.0. The molecule has 32 heavy (non-hydrogen) atoms. The predicted molar refractivity (Wildman–Crippen MR) is 129 cm³/mol. The van der Waals surface area contributed by atoms with Gasteiger partial charge in [0, 0.05) is 25.3 Å². The number of hydrogen-bond donors (Lipinski definition) is 1. The quantitative estimate of drug-likeness (QED) is 0.439. The summed E-state index contributed by atoms with van der Waals surface area (Å²) in [6.07, 6.45) is 0. The van der Waals surface area contributed by atoms with Gasteiger partial charge in [-0.05, 0) is 32.9 Å². The lowest BCUT2D eigenvalue weighted by Crippen LogP contribution is -2.16. The molecule has 0 bridgehead atoms. The summed E-state index contributed by atoms with van der Waals surface area (Å²) in [5.74, 6) is 2.11. The second kappa shape index (κ2) is 8.96. The van der Waals surface area contributed by atoms with Crippen LogP contribution in [0.15, 0.2) is 53.7 Å². The average molecular weight is 447 g/mol. The molecule has 164 valence electrons. The Balaban J connectivity index is 1.76. The molecule has 4 aromatic rings. The van der Waals surface area contributed by atoms with Gasteiger partial charge in [0.2, 0.25) is 11.9 Å². The first kappa shape index (κ1) is 21.8. The van der Waals surface area contributed by atoms with Crippen molar-refractivity contribution in [2.24, 2.45) is 0 Å². The van der Waals surface area contributed by atoms with Crippen molar-refractivity contribution in [3.05, 3.63) is 65.5 Å². The lowest BCUT2D eigenvalue weighted by Gasteiger charge is -2.15. The van der Waals surface area contributed by atoms with Gasteiger partial charge < -0.3 is 10.6 Å². The van der Waals surface area contributed by atoms with Crippen LogP contribution in [0.5, 0.6) is 0 Å². The maximum absolute atomic E-state index is 5.92. The molecule has 9 heteroatoms. The molecule has 8 nitrogen and oxygen atoms in total. The molecule has 0 unspecified atom stereocenters. The molecule has 0 fully saturated rings. The number of nitrogen functional groups attached to an aromatic ring is 1. The molecule has 0 aliphatic carbocycles. The predicted octanol–water partition coefficient (Wildman–Crippen LogP) is 4.24. The van der Waals surface area contributed by atoms with E-state index in [1.54, 1.807) is 0 Å². The molecule has 2 heterocycles. The minimum Gasteiger partial charge on any atom is -0.368 e. The molecule has 2 aromatic carbocycles. The van der Waals surface area contributed by atoms with E-state index in [1.807, 2.05) is 25.9 Å². The topological polar surface area (TPSA) is 98.6 Å². The van der Waals surface area contributed by atoms with Gasteiger partial charge in [-0.25, -0.2) is 0 Å². The molecule has 0 aliphatic heterocycles. The van der Waals surface area contributed by atoms with E-state index in [0.717, 1.165) is 22.2 Å². The van der Waals surface area contributed by atoms with Crippen LogP contribution in [0.4, 0.5) is 11.9 Å². The molecule has 2 aromatic heterocycles. The minimum absolute atomic E-state index is 0.113. The molecule has 0 saturated heterocycles. The number of nitrogens with two attached hydrogens (primary N) is 1. The zero-order chi connectivity index (χ0) is 22.8. The summed E-state index contributed by atoms with van der Waals surface area (Å²) in [6, 6.07) is 16.6. The van der Waals surface area contributed by atoms with Crippen LogP contribution < -0.4 is 10.6 Å². The Kier molecular flexibility index (Phi) is 6.09. The second-order valence-electron chi connectivity index (χ2n) is 7.85. The van der Waals surface area contributed by atoms with E-state index < -0.39 is 0 Å². The first-order valence-electron chi connectivity index (χ1n) is 10.3. The molecule has 0 amide bonds. The fourth-order valence-corrected chi connectivity index (χ4v) is 4.06. The molecule has 0 saturated carbocycles.